The first-order chi connectivity index (χ1) is 66.9. The second kappa shape index (κ2) is 78.5. The topological polar surface area (TPSA) is 469 Å². The van der Waals surface area contributed by atoms with Gasteiger partial charge in [-0.05, 0) is 146 Å². The fraction of sp³-hybridized carbons (Fsp3) is 0.789. The van der Waals surface area contributed by atoms with Crippen molar-refractivity contribution in [3.63, 3.8) is 0 Å². The standard InChI is InChI=1S/C21H33NO2.2C20H39N3O3.C20H32N2O2.2C13H25NO2.4C4H10/c1-5-6-8-13-17(20(24)21(2,3)4)15-19(23)18(22)14-16-11-9-7-10-12-16;2*1-13(2)14(12-19(3,4)5)17(25)23-15(16(24)20(6,7)8)10-9-11-22-18(21)26;1-20(2,3)19(24)16(11-7-8-12-21)14-18(23)17(22)13-15-9-5-4-6-10-15;2*1-8(2)11(14)10(15)7-9(3)12(16)13(4,5)6;4*1-4(2)3/h7,9-12,17-18H,5-6,8,13-15,22H2,1-4H3;2*13-15H,9-12H2,1-8H3,(H,23,25)(H3,21,22,26);4-6,9-10,16-17H,7-8,11-14,21-22H2,1-3H3;2*8-9,11H,7,14H2,1-6H3;4*4H,1-3H3. The SMILES string of the molecule is CC(C)(C)C(=O)C(CCCCN)CC(=O)C(N)Cc1ccccc1.CC(C)C.CC(C)C.CC(C)C.CC(C)C.CC(C)C(CC(C)(C)C)C(=O)NC(CCCNC(N)=O)C(=O)C(C)(C)C.CC(C)C(CC(C)(C)C)C(=O)NC(CCCNC(N)=O)C(=O)C(C)(C)C.CC(CC(=O)C(N)C(C)C)C(=O)C(C)(C)C.CC(CC(=O)C(N)C(C)C)C(=O)C(C)(C)C.CCCCCC(CC(=O)C(N)Cc1ccccc1)C(=O)C(C)(C)C. The zero-order valence-corrected chi connectivity index (χ0v) is 104. The summed E-state index contributed by atoms with van der Waals surface area (Å²) >= 11 is 0. The lowest BCUT2D eigenvalue weighted by molar-refractivity contribution is -0.135. The predicted molar refractivity (Wildman–Crippen MR) is 624 cm³/mol. The Morgan fingerprint density at radius 1 is 0.297 bits per heavy atom. The average Bonchev–Trinajstić information content (AvgIpc) is 0.718. The van der Waals surface area contributed by atoms with Crippen LogP contribution in [0.3, 0.4) is 0 Å². The molecule has 0 aliphatic carbocycles. The third kappa shape index (κ3) is 85.9. The van der Waals surface area contributed by atoms with E-state index in [2.05, 4.69) is 153 Å². The molecule has 0 radical (unpaired) electrons. The van der Waals surface area contributed by atoms with Gasteiger partial charge >= 0.3 is 12.1 Å². The highest BCUT2D eigenvalue weighted by Crippen LogP contribution is 2.35. The molecule has 0 bridgehead atoms. The lowest BCUT2D eigenvalue weighted by Crippen LogP contribution is -2.49. The summed E-state index contributed by atoms with van der Waals surface area (Å²) in [6.07, 6.45) is 12.1. The fourth-order valence-corrected chi connectivity index (χ4v) is 14.8. The summed E-state index contributed by atoms with van der Waals surface area (Å²) < 4.78 is 0. The minimum Gasteiger partial charge on any atom is -0.352 e. The van der Waals surface area contributed by atoms with Gasteiger partial charge in [-0.2, -0.15) is 0 Å². The van der Waals surface area contributed by atoms with Crippen LogP contribution in [0.5, 0.6) is 0 Å². The van der Waals surface area contributed by atoms with Gasteiger partial charge in [0, 0.05) is 107 Å². The van der Waals surface area contributed by atoms with Crippen LogP contribution in [-0.4, -0.2) is 138 Å². The number of Topliss-reactive ketones (excluding diaryl/α,β-unsaturated/α-hetero) is 10. The highest BCUT2D eigenvalue weighted by molar-refractivity contribution is 5.97. The van der Waals surface area contributed by atoms with E-state index in [9.17, 15) is 67.1 Å². The van der Waals surface area contributed by atoms with Crippen LogP contribution in [0.15, 0.2) is 60.7 Å². The second-order valence-electron chi connectivity index (χ2n) is 53.6. The van der Waals surface area contributed by atoms with Crippen LogP contribution in [0.1, 0.15) is 446 Å². The Morgan fingerprint density at radius 3 is 0.743 bits per heavy atom. The summed E-state index contributed by atoms with van der Waals surface area (Å²) in [5, 5.41) is 11.0. The van der Waals surface area contributed by atoms with E-state index in [-0.39, 0.29) is 176 Å². The van der Waals surface area contributed by atoms with E-state index < -0.39 is 70.0 Å². The lowest BCUT2D eigenvalue weighted by Gasteiger charge is -2.31. The predicted octanol–water partition coefficient (Wildman–Crippen LogP) is 24.7. The number of amides is 6. The maximum atomic E-state index is 12.9. The van der Waals surface area contributed by atoms with Gasteiger partial charge in [0.15, 0.2) is 23.1 Å². The number of benzene rings is 2. The quantitative estimate of drug-likeness (QED) is 0.0274. The smallest absolute Gasteiger partial charge is 0.312 e. The van der Waals surface area contributed by atoms with Crippen molar-refractivity contribution in [3.05, 3.63) is 71.8 Å². The van der Waals surface area contributed by atoms with Crippen LogP contribution in [0.25, 0.3) is 0 Å². The van der Waals surface area contributed by atoms with Crippen molar-refractivity contribution < 1.29 is 67.1 Å². The van der Waals surface area contributed by atoms with Gasteiger partial charge in [-0.3, -0.25) is 57.5 Å². The minimum absolute atomic E-state index is 0.00190. The number of unbranched alkanes of at least 4 members (excludes halogenated alkanes) is 3. The van der Waals surface area contributed by atoms with E-state index in [0.717, 1.165) is 86.2 Å². The minimum atomic E-state index is -0.585. The Bertz CT molecular complexity index is 3720. The molecule has 12 unspecified atom stereocenters. The normalized spacial score (nSPS) is 14.2. The molecule has 2 rings (SSSR count). The van der Waals surface area contributed by atoms with E-state index >= 15 is 0 Å². The molecule has 148 heavy (non-hydrogen) atoms. The number of hydrogen-bond donors (Lipinski definition) is 11. The number of nitrogens with two attached hydrogens (primary N) is 7. The molecule has 0 saturated carbocycles. The number of hydrogen-bond acceptors (Lipinski definition) is 19. The molecule has 0 aliphatic rings. The Hall–Kier alpha value is -7.58. The van der Waals surface area contributed by atoms with Crippen molar-refractivity contribution in [3.8, 4) is 0 Å². The summed E-state index contributed by atoms with van der Waals surface area (Å²) in [6, 6.07) is 15.3. The first-order valence-electron chi connectivity index (χ1n) is 55.7. The van der Waals surface area contributed by atoms with Gasteiger partial charge in [-0.25, -0.2) is 9.59 Å². The van der Waals surface area contributed by atoms with E-state index in [4.69, 9.17) is 40.1 Å². The third-order valence-corrected chi connectivity index (χ3v) is 22.9. The van der Waals surface area contributed by atoms with E-state index in [0.29, 0.717) is 64.6 Å². The fourth-order valence-electron chi connectivity index (χ4n) is 14.8. The molecule has 0 heterocycles. The van der Waals surface area contributed by atoms with Crippen molar-refractivity contribution in [2.24, 2.45) is 166 Å². The van der Waals surface area contributed by atoms with Crippen LogP contribution in [0.4, 0.5) is 9.59 Å². The summed E-state index contributed by atoms with van der Waals surface area (Å²) in [4.78, 5) is 171. The Balaban J connectivity index is -0.000000258. The maximum absolute atomic E-state index is 12.9. The van der Waals surface area contributed by atoms with E-state index in [1.54, 1.807) is 13.8 Å². The number of rotatable bonds is 48. The van der Waals surface area contributed by atoms with E-state index in [1.165, 1.54) is 0 Å². The molecule has 2 aromatic rings. The van der Waals surface area contributed by atoms with Crippen molar-refractivity contribution in [1.29, 1.82) is 0 Å². The third-order valence-electron chi connectivity index (χ3n) is 22.9. The van der Waals surface area contributed by atoms with Gasteiger partial charge in [0.25, 0.3) is 0 Å². The van der Waals surface area contributed by atoms with Crippen LogP contribution >= 0.6 is 0 Å². The highest BCUT2D eigenvalue weighted by Gasteiger charge is 2.40. The molecule has 0 aromatic heterocycles. The average molecular weight is 2090 g/mol. The van der Waals surface area contributed by atoms with Crippen molar-refractivity contribution in [2.75, 3.05) is 19.6 Å². The second-order valence-corrected chi connectivity index (χ2v) is 53.6. The highest BCUT2D eigenvalue weighted by atomic mass is 16.2. The molecular formula is C123H233N11O14. The van der Waals surface area contributed by atoms with Gasteiger partial charge in [0.05, 0.1) is 36.3 Å². The number of carbonyl (C=O) groups excluding carboxylic acids is 14. The van der Waals surface area contributed by atoms with Crippen LogP contribution in [-0.2, 0) is 70.4 Å². The lowest BCUT2D eigenvalue weighted by atomic mass is 9.78. The monoisotopic (exact) mass is 2090 g/mol. The molecule has 12 atom stereocenters. The summed E-state index contributed by atoms with van der Waals surface area (Å²) in [7, 11) is 0. The van der Waals surface area contributed by atoms with E-state index in [1.807, 2.05) is 241 Å². The summed E-state index contributed by atoms with van der Waals surface area (Å²) in [5.41, 5.74) is 38.8. The zero-order chi connectivity index (χ0) is 118. The molecule has 0 spiro atoms. The molecule has 0 saturated heterocycles. The molecule has 864 valence electrons. The number of urea groups is 2. The van der Waals surface area contributed by atoms with Gasteiger partial charge < -0.3 is 61.4 Å². The van der Waals surface area contributed by atoms with Crippen LogP contribution in [0, 0.1) is 126 Å². The Morgan fingerprint density at radius 2 is 0.541 bits per heavy atom. The Kier molecular flexibility index (Phi) is 82.6. The van der Waals surface area contributed by atoms with Gasteiger partial charge in [-0.1, -0.05) is 412 Å². The molecular weight excluding hydrogens is 1860 g/mol. The molecule has 25 nitrogen and oxygen atoms in total. The molecule has 2 aromatic carbocycles. The number of primary amides is 2. The zero-order valence-electron chi connectivity index (χ0n) is 104. The van der Waals surface area contributed by atoms with Crippen molar-refractivity contribution in [2.45, 2.75) is 484 Å². The maximum Gasteiger partial charge on any atom is 0.312 e. The largest absolute Gasteiger partial charge is 0.352 e. The van der Waals surface area contributed by atoms with Gasteiger partial charge in [0.1, 0.15) is 34.7 Å². The summed E-state index contributed by atoms with van der Waals surface area (Å²) in [6.45, 7) is 95.5. The van der Waals surface area contributed by atoms with Gasteiger partial charge in [-0.15, -0.1) is 0 Å². The van der Waals surface area contributed by atoms with Crippen LogP contribution in [0.2, 0.25) is 0 Å². The van der Waals surface area contributed by atoms with Crippen molar-refractivity contribution in [1.82, 2.24) is 21.3 Å². The van der Waals surface area contributed by atoms with Crippen molar-refractivity contribution >= 4 is 81.7 Å². The van der Waals surface area contributed by atoms with Gasteiger partial charge in [0.2, 0.25) is 11.8 Å². The first-order valence-corrected chi connectivity index (χ1v) is 55.7. The van der Waals surface area contributed by atoms with Crippen LogP contribution < -0.4 is 61.4 Å². The molecule has 18 N–H and O–H groups in total. The molecule has 0 aliphatic heterocycles. The molecule has 0 fully saturated rings. The number of nitrogens with one attached hydrogen (secondary N) is 4. The Labute approximate surface area is 906 Å². The first kappa shape index (κ1) is 156. The molecule has 25 heteroatoms. The number of carbonyl (C=O) groups is 14. The number of ketones is 10. The summed E-state index contributed by atoms with van der Waals surface area (Å²) in [5.74, 6) is 3.11. The molecule has 6 amide bonds.